The number of thiazole rings is 1. The maximum atomic E-state index is 13.1. The highest BCUT2D eigenvalue weighted by Crippen LogP contribution is 2.45. The summed E-state index contributed by atoms with van der Waals surface area (Å²) >= 11 is 2.26. The molecule has 3 rings (SSSR count). The van der Waals surface area contributed by atoms with Crippen molar-refractivity contribution in [1.82, 2.24) is 15.2 Å². The zero-order chi connectivity index (χ0) is 28.4. The minimum Gasteiger partial charge on any atom is -0.477 e. The smallest absolute Gasteiger partial charge is 0.404 e. The van der Waals surface area contributed by atoms with Crippen molar-refractivity contribution in [3.05, 3.63) is 28.4 Å². The van der Waals surface area contributed by atoms with Crippen LogP contribution in [0.15, 0.2) is 22.7 Å². The van der Waals surface area contributed by atoms with Crippen LogP contribution in [0.5, 0.6) is 0 Å². The van der Waals surface area contributed by atoms with Gasteiger partial charge in [-0.2, -0.15) is 0 Å². The number of anilines is 1. The van der Waals surface area contributed by atoms with Crippen molar-refractivity contribution in [2.75, 3.05) is 18.9 Å². The lowest BCUT2D eigenvalue weighted by atomic mass is 9.97. The SMILES string of the molecule is CC/C=C(\C(=O)N[C@@H]1C(=O)N2C(C(=O)O)=C(COC(N)=O)C(COC(=O)C(C)(C)C)S[C@H]12)c1csc(N)n1.Cl.O. The van der Waals surface area contributed by atoms with Crippen LogP contribution in [-0.2, 0) is 28.7 Å². The van der Waals surface area contributed by atoms with Crippen molar-refractivity contribution < 1.29 is 44.0 Å². The zero-order valence-corrected chi connectivity index (χ0v) is 24.5. The molecule has 2 aliphatic rings. The van der Waals surface area contributed by atoms with Crippen molar-refractivity contribution in [2.45, 2.75) is 50.8 Å². The molecule has 0 aliphatic carbocycles. The highest BCUT2D eigenvalue weighted by molar-refractivity contribution is 8.01. The molecule has 3 heterocycles. The van der Waals surface area contributed by atoms with Gasteiger partial charge < -0.3 is 36.8 Å². The second-order valence-electron chi connectivity index (χ2n) is 9.41. The number of carboxylic acid groups (broad SMARTS) is 1. The molecular formula is C23H32ClN5O9S2. The van der Waals surface area contributed by atoms with Gasteiger partial charge in [-0.3, -0.25) is 19.3 Å². The largest absolute Gasteiger partial charge is 0.477 e. The van der Waals surface area contributed by atoms with Gasteiger partial charge in [-0.05, 0) is 27.2 Å². The number of thioether (sulfide) groups is 1. The molecule has 1 fully saturated rings. The molecule has 17 heteroatoms. The maximum Gasteiger partial charge on any atom is 0.404 e. The van der Waals surface area contributed by atoms with Crippen LogP contribution in [0.4, 0.5) is 9.93 Å². The quantitative estimate of drug-likeness (QED) is 0.172. The van der Waals surface area contributed by atoms with E-state index in [0.717, 1.165) is 28.0 Å². The number of esters is 1. The molecule has 222 valence electrons. The first-order valence-corrected chi connectivity index (χ1v) is 13.3. The summed E-state index contributed by atoms with van der Waals surface area (Å²) in [6, 6.07) is -1.07. The van der Waals surface area contributed by atoms with Crippen LogP contribution >= 0.6 is 35.5 Å². The summed E-state index contributed by atoms with van der Waals surface area (Å²) in [7, 11) is 0. The maximum absolute atomic E-state index is 13.1. The van der Waals surface area contributed by atoms with E-state index in [9.17, 15) is 29.1 Å². The van der Waals surface area contributed by atoms with E-state index in [0.29, 0.717) is 12.1 Å². The van der Waals surface area contributed by atoms with Crippen LogP contribution in [0.3, 0.4) is 0 Å². The van der Waals surface area contributed by atoms with Crippen LogP contribution in [0.25, 0.3) is 5.57 Å². The Labute approximate surface area is 244 Å². The summed E-state index contributed by atoms with van der Waals surface area (Å²) in [6.07, 6.45) is 1.02. The molecule has 0 bridgehead atoms. The number of nitrogen functional groups attached to an aromatic ring is 1. The number of rotatable bonds is 9. The number of hydrogen-bond donors (Lipinski definition) is 4. The van der Waals surface area contributed by atoms with Crippen LogP contribution in [0, 0.1) is 5.41 Å². The number of carboxylic acids is 1. The molecule has 3 amide bonds. The first-order valence-electron chi connectivity index (χ1n) is 11.5. The van der Waals surface area contributed by atoms with Gasteiger partial charge in [0, 0.05) is 11.0 Å². The van der Waals surface area contributed by atoms with E-state index >= 15 is 0 Å². The van der Waals surface area contributed by atoms with E-state index in [4.69, 9.17) is 20.9 Å². The number of nitrogens with two attached hydrogens (primary N) is 2. The van der Waals surface area contributed by atoms with E-state index in [2.05, 4.69) is 10.3 Å². The van der Waals surface area contributed by atoms with Crippen LogP contribution in [0.2, 0.25) is 0 Å². The molecule has 8 N–H and O–H groups in total. The van der Waals surface area contributed by atoms with E-state index in [1.807, 2.05) is 6.92 Å². The Kier molecular flexibility index (Phi) is 12.0. The summed E-state index contributed by atoms with van der Waals surface area (Å²) < 4.78 is 10.3. The second-order valence-corrected chi connectivity index (χ2v) is 11.6. The number of aromatic nitrogens is 1. The highest BCUT2D eigenvalue weighted by atomic mass is 35.5. The molecule has 0 spiro atoms. The third-order valence-corrected chi connectivity index (χ3v) is 7.75. The van der Waals surface area contributed by atoms with Gasteiger partial charge in [-0.15, -0.1) is 35.5 Å². The molecule has 0 radical (unpaired) electrons. The number of fused-ring (bicyclic) bond motifs is 1. The number of amides is 3. The van der Waals surface area contributed by atoms with Gasteiger partial charge in [0.2, 0.25) is 0 Å². The molecule has 0 aromatic carbocycles. The fourth-order valence-electron chi connectivity index (χ4n) is 3.74. The Morgan fingerprint density at radius 2 is 1.90 bits per heavy atom. The minimum absolute atomic E-state index is 0. The van der Waals surface area contributed by atoms with Gasteiger partial charge in [0.1, 0.15) is 30.3 Å². The van der Waals surface area contributed by atoms with Crippen molar-refractivity contribution in [1.29, 1.82) is 0 Å². The van der Waals surface area contributed by atoms with Crippen LogP contribution < -0.4 is 16.8 Å². The van der Waals surface area contributed by atoms with E-state index < -0.39 is 64.2 Å². The summed E-state index contributed by atoms with van der Waals surface area (Å²) in [5.74, 6) is -3.22. The van der Waals surface area contributed by atoms with E-state index in [-0.39, 0.29) is 40.8 Å². The number of hydrogen-bond acceptors (Lipinski definition) is 11. The number of halogens is 1. The van der Waals surface area contributed by atoms with Gasteiger partial charge in [-0.1, -0.05) is 13.0 Å². The first-order chi connectivity index (χ1) is 17.8. The molecule has 1 unspecified atom stereocenters. The average Bonchev–Trinajstić information content (AvgIpc) is 3.26. The van der Waals surface area contributed by atoms with Gasteiger partial charge >= 0.3 is 18.0 Å². The predicted molar refractivity (Wildman–Crippen MR) is 150 cm³/mol. The summed E-state index contributed by atoms with van der Waals surface area (Å²) in [5, 5.41) is 12.9. The fraction of sp³-hybridized carbons (Fsp3) is 0.478. The van der Waals surface area contributed by atoms with E-state index in [1.54, 1.807) is 32.2 Å². The molecule has 40 heavy (non-hydrogen) atoms. The minimum atomic E-state index is -1.45. The molecular weight excluding hydrogens is 590 g/mol. The number of carbonyl (C=O) groups is 5. The summed E-state index contributed by atoms with van der Waals surface area (Å²) in [5.41, 5.74) is 10.2. The van der Waals surface area contributed by atoms with Crippen molar-refractivity contribution >= 4 is 76.1 Å². The first kappa shape index (κ1) is 34.7. The van der Waals surface area contributed by atoms with Crippen molar-refractivity contribution in [2.24, 2.45) is 11.1 Å². The lowest BCUT2D eigenvalue weighted by Crippen LogP contribution is -2.71. The standard InChI is InChI=1S/C23H29N5O8S2.ClH.H2O/c1-5-6-10(12-9-37-21(24)26-12)16(29)27-14-17(30)28-15(19(31)32)11(7-36-22(25)34)13(38-18(14)28)8-35-20(33)23(2,3)4;;/h6,9,13-14,18H,5,7-8H2,1-4H3,(H2,24,26)(H2,25,34)(H,27,29)(H,31,32);1H;1H2/b10-6-;;/t13?,14-,18-;;/m1../s1. The molecule has 1 aromatic heterocycles. The average molecular weight is 622 g/mol. The Balaban J connectivity index is 0.00000400. The number of aliphatic carboxylic acids is 1. The molecule has 0 saturated carbocycles. The fourth-order valence-corrected chi connectivity index (χ4v) is 5.80. The number of nitrogens with zero attached hydrogens (tertiary/aromatic N) is 2. The number of nitrogens with one attached hydrogen (secondary N) is 1. The van der Waals surface area contributed by atoms with Crippen LogP contribution in [0.1, 0.15) is 39.8 Å². The third-order valence-electron chi connectivity index (χ3n) is 5.57. The normalized spacial score (nSPS) is 20.3. The van der Waals surface area contributed by atoms with Crippen molar-refractivity contribution in [3.63, 3.8) is 0 Å². The predicted octanol–water partition coefficient (Wildman–Crippen LogP) is 0.908. The van der Waals surface area contributed by atoms with Gasteiger partial charge in [0.05, 0.1) is 21.9 Å². The molecule has 14 nitrogen and oxygen atoms in total. The lowest BCUT2D eigenvalue weighted by molar-refractivity contribution is -0.153. The molecule has 2 aliphatic heterocycles. The van der Waals surface area contributed by atoms with Crippen LogP contribution in [-0.4, -0.2) is 80.2 Å². The molecule has 1 saturated heterocycles. The third kappa shape index (κ3) is 7.44. The summed E-state index contributed by atoms with van der Waals surface area (Å²) in [6.45, 7) is 6.03. The molecule has 3 atom stereocenters. The Morgan fingerprint density at radius 3 is 2.40 bits per heavy atom. The Hall–Kier alpha value is -3.34. The van der Waals surface area contributed by atoms with E-state index in [1.165, 1.54) is 0 Å². The topological polar surface area (TPSA) is 236 Å². The number of carbonyl (C=O) groups excluding carboxylic acids is 4. The Morgan fingerprint density at radius 1 is 1.25 bits per heavy atom. The number of ether oxygens (including phenoxy) is 2. The highest BCUT2D eigenvalue weighted by Gasteiger charge is 2.56. The number of allylic oxidation sites excluding steroid dienone is 1. The molecule has 1 aromatic rings. The van der Waals surface area contributed by atoms with Gasteiger partial charge in [0.15, 0.2) is 5.13 Å². The summed E-state index contributed by atoms with van der Waals surface area (Å²) in [4.78, 5) is 67.2. The van der Waals surface area contributed by atoms with Gasteiger partial charge in [0.25, 0.3) is 11.8 Å². The van der Waals surface area contributed by atoms with Crippen molar-refractivity contribution in [3.8, 4) is 0 Å². The number of β-lactam (4-membered cyclic amide) rings is 1. The zero-order valence-electron chi connectivity index (χ0n) is 22.1. The lowest BCUT2D eigenvalue weighted by Gasteiger charge is -2.51. The number of primary amides is 1. The second kappa shape index (κ2) is 13.8. The van der Waals surface area contributed by atoms with Gasteiger partial charge in [-0.25, -0.2) is 14.6 Å². The Bertz CT molecular complexity index is 1230. The monoisotopic (exact) mass is 621 g/mol.